The van der Waals surface area contributed by atoms with Crippen molar-refractivity contribution in [2.45, 2.75) is 4.21 Å². The second-order valence-electron chi connectivity index (χ2n) is 4.37. The summed E-state index contributed by atoms with van der Waals surface area (Å²) in [5.74, 6) is -0.420. The predicted octanol–water partition coefficient (Wildman–Crippen LogP) is 3.42. The van der Waals surface area contributed by atoms with E-state index in [0.29, 0.717) is 10.0 Å². The summed E-state index contributed by atoms with van der Waals surface area (Å²) >= 11 is 10.00. The van der Waals surface area contributed by atoms with E-state index in [0.717, 1.165) is 20.1 Å². The number of hydrogen-bond donors (Lipinski definition) is 1. The number of likely N-dealkylation sites (N-methyl/N-ethyl adjacent to an activating group) is 1. The van der Waals surface area contributed by atoms with Gasteiger partial charge >= 0.3 is 0 Å². The summed E-state index contributed by atoms with van der Waals surface area (Å²) in [7, 11) is -2.36. The molecule has 0 saturated carbocycles. The van der Waals surface area contributed by atoms with Gasteiger partial charge in [-0.1, -0.05) is 27.5 Å². The molecule has 0 aliphatic carbocycles. The molecule has 9 heteroatoms. The fraction of sp³-hybridized carbons (Fsp3) is 0.154. The highest BCUT2D eigenvalue weighted by molar-refractivity contribution is 9.10. The molecule has 0 bridgehead atoms. The van der Waals surface area contributed by atoms with Crippen molar-refractivity contribution in [3.63, 3.8) is 0 Å². The van der Waals surface area contributed by atoms with Gasteiger partial charge in [0.25, 0.3) is 10.0 Å². The average Bonchev–Trinajstić information content (AvgIpc) is 2.88. The van der Waals surface area contributed by atoms with Gasteiger partial charge in [0.05, 0.1) is 10.9 Å². The molecule has 0 unspecified atom stereocenters. The molecule has 0 atom stereocenters. The van der Waals surface area contributed by atoms with Crippen LogP contribution in [-0.4, -0.2) is 32.2 Å². The molecule has 2 rings (SSSR count). The molecule has 0 aliphatic heterocycles. The Balaban J connectivity index is 2.03. The smallest absolute Gasteiger partial charge is 0.252 e. The van der Waals surface area contributed by atoms with Gasteiger partial charge in [0.15, 0.2) is 0 Å². The molecule has 2 aromatic rings. The van der Waals surface area contributed by atoms with Crippen LogP contribution in [0.4, 0.5) is 5.69 Å². The van der Waals surface area contributed by atoms with Crippen LogP contribution in [0, 0.1) is 0 Å². The van der Waals surface area contributed by atoms with Gasteiger partial charge in [0.1, 0.15) is 4.21 Å². The summed E-state index contributed by atoms with van der Waals surface area (Å²) in [6.45, 7) is -0.284. The van der Waals surface area contributed by atoms with Crippen LogP contribution >= 0.6 is 38.9 Å². The topological polar surface area (TPSA) is 66.5 Å². The zero-order valence-electron chi connectivity index (χ0n) is 11.4. The lowest BCUT2D eigenvalue weighted by Crippen LogP contribution is -2.34. The molecule has 0 aliphatic rings. The Morgan fingerprint density at radius 2 is 1.91 bits per heavy atom. The summed E-state index contributed by atoms with van der Waals surface area (Å²) < 4.78 is 26.9. The predicted molar refractivity (Wildman–Crippen MR) is 91.9 cm³/mol. The van der Waals surface area contributed by atoms with E-state index in [4.69, 9.17) is 11.6 Å². The lowest BCUT2D eigenvalue weighted by Gasteiger charge is -2.15. The van der Waals surface area contributed by atoms with E-state index in [9.17, 15) is 13.2 Å². The number of benzene rings is 1. The fourth-order valence-electron chi connectivity index (χ4n) is 1.61. The van der Waals surface area contributed by atoms with Crippen molar-refractivity contribution in [3.05, 3.63) is 45.2 Å². The molecule has 1 amide bonds. The summed E-state index contributed by atoms with van der Waals surface area (Å²) in [6, 6.07) is 9.93. The summed E-state index contributed by atoms with van der Waals surface area (Å²) in [4.78, 5) is 11.9. The molecule has 0 radical (unpaired) electrons. The SMILES string of the molecule is CN(CC(=O)Nc1ccc(Br)cc1)S(=O)(=O)c1ccc(Cl)s1. The van der Waals surface area contributed by atoms with Crippen molar-refractivity contribution < 1.29 is 13.2 Å². The zero-order valence-corrected chi connectivity index (χ0v) is 15.4. The number of sulfonamides is 1. The van der Waals surface area contributed by atoms with Gasteiger partial charge in [-0.15, -0.1) is 11.3 Å². The molecule has 1 aromatic heterocycles. The van der Waals surface area contributed by atoms with Crippen molar-refractivity contribution in [1.29, 1.82) is 0 Å². The molecule has 22 heavy (non-hydrogen) atoms. The molecule has 5 nitrogen and oxygen atoms in total. The standard InChI is InChI=1S/C13H12BrClN2O3S2/c1-17(22(19,20)13-7-6-11(15)21-13)8-12(18)16-10-4-2-9(14)3-5-10/h2-7H,8H2,1H3,(H,16,18). The number of hydrogen-bond acceptors (Lipinski definition) is 4. The van der Waals surface area contributed by atoms with E-state index in [1.807, 2.05) is 0 Å². The summed E-state index contributed by atoms with van der Waals surface area (Å²) in [5.41, 5.74) is 0.596. The number of halogens is 2. The first kappa shape index (κ1) is 17.4. The largest absolute Gasteiger partial charge is 0.325 e. The van der Waals surface area contributed by atoms with Crippen molar-refractivity contribution in [2.24, 2.45) is 0 Å². The Hall–Kier alpha value is -0.930. The van der Waals surface area contributed by atoms with Gasteiger partial charge in [-0.25, -0.2) is 8.42 Å². The van der Waals surface area contributed by atoms with Crippen molar-refractivity contribution in [1.82, 2.24) is 4.31 Å². The molecule has 1 N–H and O–H groups in total. The average molecular weight is 424 g/mol. The minimum Gasteiger partial charge on any atom is -0.325 e. The maximum absolute atomic E-state index is 12.3. The first-order valence-corrected chi connectivity index (χ1v) is 9.49. The molecule has 0 saturated heterocycles. The van der Waals surface area contributed by atoms with Crippen molar-refractivity contribution >= 4 is 60.5 Å². The molecule has 1 aromatic carbocycles. The van der Waals surface area contributed by atoms with Crippen LogP contribution in [0.3, 0.4) is 0 Å². The van der Waals surface area contributed by atoms with Gasteiger partial charge < -0.3 is 5.32 Å². The van der Waals surface area contributed by atoms with Gasteiger partial charge in [-0.2, -0.15) is 4.31 Å². The fourth-order valence-corrected chi connectivity index (χ4v) is 4.70. The molecule has 0 spiro atoms. The Kier molecular flexibility index (Phi) is 5.62. The van der Waals surface area contributed by atoms with Crippen LogP contribution in [0.2, 0.25) is 4.34 Å². The Labute approximate surface area is 146 Å². The van der Waals surface area contributed by atoms with E-state index < -0.39 is 15.9 Å². The number of carbonyl (C=O) groups excluding carboxylic acids is 1. The lowest BCUT2D eigenvalue weighted by atomic mass is 10.3. The minimum absolute atomic E-state index is 0.108. The molecule has 0 fully saturated rings. The number of rotatable bonds is 5. The third-order valence-corrected chi connectivity index (χ3v) is 6.74. The highest BCUT2D eigenvalue weighted by Crippen LogP contribution is 2.27. The number of carbonyl (C=O) groups is 1. The Morgan fingerprint density at radius 3 is 2.45 bits per heavy atom. The third kappa shape index (κ3) is 4.30. The van der Waals surface area contributed by atoms with Crippen molar-refractivity contribution in [3.8, 4) is 0 Å². The minimum atomic E-state index is -3.71. The number of amides is 1. The van der Waals surface area contributed by atoms with E-state index in [1.165, 1.54) is 19.2 Å². The molecular weight excluding hydrogens is 412 g/mol. The summed E-state index contributed by atoms with van der Waals surface area (Å²) in [6.07, 6.45) is 0. The zero-order chi connectivity index (χ0) is 16.3. The Morgan fingerprint density at radius 1 is 1.27 bits per heavy atom. The number of nitrogens with one attached hydrogen (secondary N) is 1. The normalized spacial score (nSPS) is 11.6. The van der Waals surface area contributed by atoms with E-state index in [-0.39, 0.29) is 10.8 Å². The van der Waals surface area contributed by atoms with Crippen LogP contribution < -0.4 is 5.32 Å². The number of nitrogens with zero attached hydrogens (tertiary/aromatic N) is 1. The molecule has 118 valence electrons. The van der Waals surface area contributed by atoms with Crippen LogP contribution in [0.25, 0.3) is 0 Å². The third-order valence-electron chi connectivity index (χ3n) is 2.71. The number of thiophene rings is 1. The van der Waals surface area contributed by atoms with Crippen molar-refractivity contribution in [2.75, 3.05) is 18.9 Å². The van der Waals surface area contributed by atoms with E-state index >= 15 is 0 Å². The van der Waals surface area contributed by atoms with Gasteiger partial charge in [0, 0.05) is 17.2 Å². The van der Waals surface area contributed by atoms with Crippen LogP contribution in [0.5, 0.6) is 0 Å². The summed E-state index contributed by atoms with van der Waals surface area (Å²) in [5, 5.41) is 2.64. The highest BCUT2D eigenvalue weighted by atomic mass is 79.9. The Bertz CT molecular complexity index is 775. The number of anilines is 1. The van der Waals surface area contributed by atoms with Gasteiger partial charge in [-0.3, -0.25) is 4.79 Å². The van der Waals surface area contributed by atoms with Gasteiger partial charge in [-0.05, 0) is 36.4 Å². The second-order valence-corrected chi connectivity index (χ2v) is 9.28. The molecular formula is C13H12BrClN2O3S2. The monoisotopic (exact) mass is 422 g/mol. The maximum Gasteiger partial charge on any atom is 0.252 e. The quantitative estimate of drug-likeness (QED) is 0.801. The van der Waals surface area contributed by atoms with Crippen LogP contribution in [0.15, 0.2) is 45.1 Å². The maximum atomic E-state index is 12.3. The van der Waals surface area contributed by atoms with Gasteiger partial charge in [0.2, 0.25) is 5.91 Å². The molecule has 1 heterocycles. The first-order chi connectivity index (χ1) is 10.3. The van der Waals surface area contributed by atoms with E-state index in [2.05, 4.69) is 21.2 Å². The van der Waals surface area contributed by atoms with Crippen LogP contribution in [0.1, 0.15) is 0 Å². The lowest BCUT2D eigenvalue weighted by molar-refractivity contribution is -0.116. The second kappa shape index (κ2) is 7.10. The van der Waals surface area contributed by atoms with E-state index in [1.54, 1.807) is 24.3 Å². The first-order valence-electron chi connectivity index (χ1n) is 6.06. The highest BCUT2D eigenvalue weighted by Gasteiger charge is 2.24. The van der Waals surface area contributed by atoms with Crippen LogP contribution in [-0.2, 0) is 14.8 Å².